The van der Waals surface area contributed by atoms with Crippen LogP contribution in [0.3, 0.4) is 0 Å². The third kappa shape index (κ3) is 3.88. The van der Waals surface area contributed by atoms with Gasteiger partial charge in [-0.1, -0.05) is 25.8 Å². The minimum Gasteiger partial charge on any atom is -0.426 e. The van der Waals surface area contributed by atoms with E-state index in [2.05, 4.69) is 20.8 Å². The summed E-state index contributed by atoms with van der Waals surface area (Å²) in [4.78, 5) is 11.6. The summed E-state index contributed by atoms with van der Waals surface area (Å²) < 4.78 is 5.39. The van der Waals surface area contributed by atoms with Gasteiger partial charge in [0.05, 0.1) is 0 Å². The van der Waals surface area contributed by atoms with Crippen LogP contribution in [0, 0.1) is 20.8 Å². The fraction of sp³-hybridized carbons (Fsp3) is 0.533. The van der Waals surface area contributed by atoms with Crippen molar-refractivity contribution in [3.63, 3.8) is 0 Å². The van der Waals surface area contributed by atoms with Crippen LogP contribution in [0.5, 0.6) is 5.75 Å². The second kappa shape index (κ2) is 6.43. The van der Waals surface area contributed by atoms with Crippen LogP contribution in [-0.4, -0.2) is 5.97 Å². The molecule has 0 fully saturated rings. The molecule has 94 valence electrons. The number of hydrogen-bond donors (Lipinski definition) is 0. The van der Waals surface area contributed by atoms with Crippen molar-refractivity contribution >= 4 is 5.97 Å². The normalized spacial score (nSPS) is 10.4. The molecule has 2 nitrogen and oxygen atoms in total. The highest BCUT2D eigenvalue weighted by molar-refractivity contribution is 5.73. The molecule has 0 atom stereocenters. The molecule has 0 heterocycles. The summed E-state index contributed by atoms with van der Waals surface area (Å²) in [5.41, 5.74) is 3.49. The molecule has 1 rings (SSSR count). The van der Waals surface area contributed by atoms with E-state index in [0.29, 0.717) is 12.2 Å². The highest BCUT2D eigenvalue weighted by Crippen LogP contribution is 2.24. The predicted octanol–water partition coefficient (Wildman–Crippen LogP) is 4.10. The lowest BCUT2D eigenvalue weighted by Gasteiger charge is -2.11. The average molecular weight is 234 g/mol. The lowest BCUT2D eigenvalue weighted by atomic mass is 10.0. The van der Waals surface area contributed by atoms with Crippen LogP contribution in [0.4, 0.5) is 0 Å². The van der Waals surface area contributed by atoms with E-state index in [1.807, 2.05) is 19.1 Å². The van der Waals surface area contributed by atoms with E-state index in [9.17, 15) is 4.79 Å². The van der Waals surface area contributed by atoms with Gasteiger partial charge in [-0.25, -0.2) is 0 Å². The van der Waals surface area contributed by atoms with Gasteiger partial charge in [0.25, 0.3) is 0 Å². The van der Waals surface area contributed by atoms with E-state index in [1.165, 1.54) is 11.1 Å². The zero-order valence-electron chi connectivity index (χ0n) is 11.3. The molecule has 1 aromatic carbocycles. The van der Waals surface area contributed by atoms with E-state index in [4.69, 9.17) is 4.74 Å². The van der Waals surface area contributed by atoms with E-state index in [-0.39, 0.29) is 5.97 Å². The van der Waals surface area contributed by atoms with Crippen LogP contribution in [0.1, 0.15) is 49.3 Å². The summed E-state index contributed by atoms with van der Waals surface area (Å²) in [6, 6.07) is 3.88. The predicted molar refractivity (Wildman–Crippen MR) is 70.4 cm³/mol. The molecule has 0 unspecified atom stereocenters. The Hall–Kier alpha value is -1.31. The van der Waals surface area contributed by atoms with Crippen molar-refractivity contribution in [2.24, 2.45) is 0 Å². The Morgan fingerprint density at radius 2 is 1.82 bits per heavy atom. The summed E-state index contributed by atoms with van der Waals surface area (Å²) in [6.45, 7) is 8.24. The van der Waals surface area contributed by atoms with Gasteiger partial charge in [0.2, 0.25) is 0 Å². The molecule has 0 saturated carbocycles. The lowest BCUT2D eigenvalue weighted by Crippen LogP contribution is -2.09. The Labute approximate surface area is 104 Å². The van der Waals surface area contributed by atoms with Gasteiger partial charge in [-0.3, -0.25) is 4.79 Å². The van der Waals surface area contributed by atoms with Crippen LogP contribution in [0.15, 0.2) is 12.1 Å². The molecular formula is C15H22O2. The first-order valence-corrected chi connectivity index (χ1v) is 6.33. The molecule has 0 N–H and O–H groups in total. The van der Waals surface area contributed by atoms with Crippen molar-refractivity contribution < 1.29 is 9.53 Å². The van der Waals surface area contributed by atoms with Gasteiger partial charge >= 0.3 is 5.97 Å². The number of aryl methyl sites for hydroxylation is 1. The first-order valence-electron chi connectivity index (χ1n) is 6.33. The lowest BCUT2D eigenvalue weighted by molar-refractivity contribution is -0.134. The molecule has 2 heteroatoms. The van der Waals surface area contributed by atoms with Crippen molar-refractivity contribution in [3.8, 4) is 5.75 Å². The SMILES string of the molecule is CCCCCC(=O)Oc1ccc(C)c(C)c1C. The molecule has 17 heavy (non-hydrogen) atoms. The van der Waals surface area contributed by atoms with Crippen LogP contribution in [0.2, 0.25) is 0 Å². The highest BCUT2D eigenvalue weighted by Gasteiger charge is 2.09. The van der Waals surface area contributed by atoms with E-state index < -0.39 is 0 Å². The topological polar surface area (TPSA) is 26.3 Å². The van der Waals surface area contributed by atoms with Crippen LogP contribution >= 0.6 is 0 Å². The van der Waals surface area contributed by atoms with Gasteiger partial charge in [-0.2, -0.15) is 0 Å². The fourth-order valence-corrected chi connectivity index (χ4v) is 1.73. The van der Waals surface area contributed by atoms with Gasteiger partial charge < -0.3 is 4.74 Å². The zero-order valence-corrected chi connectivity index (χ0v) is 11.3. The fourth-order valence-electron chi connectivity index (χ4n) is 1.73. The molecule has 0 aliphatic carbocycles. The molecule has 0 spiro atoms. The molecule has 0 aliphatic heterocycles. The number of carbonyl (C=O) groups is 1. The van der Waals surface area contributed by atoms with Gasteiger partial charge in [0, 0.05) is 6.42 Å². The first kappa shape index (κ1) is 13.8. The number of carbonyl (C=O) groups excluding carboxylic acids is 1. The zero-order chi connectivity index (χ0) is 12.8. The van der Waals surface area contributed by atoms with Crippen molar-refractivity contribution in [1.29, 1.82) is 0 Å². The molecule has 1 aromatic rings. The van der Waals surface area contributed by atoms with Crippen molar-refractivity contribution in [2.75, 3.05) is 0 Å². The summed E-state index contributed by atoms with van der Waals surface area (Å²) in [5.74, 6) is 0.583. The molecule has 0 amide bonds. The van der Waals surface area contributed by atoms with E-state index >= 15 is 0 Å². The van der Waals surface area contributed by atoms with Gasteiger partial charge in [0.15, 0.2) is 0 Å². The maximum atomic E-state index is 11.6. The maximum Gasteiger partial charge on any atom is 0.311 e. The first-order chi connectivity index (χ1) is 8.06. The monoisotopic (exact) mass is 234 g/mol. The second-order valence-electron chi connectivity index (χ2n) is 4.56. The summed E-state index contributed by atoms with van der Waals surface area (Å²) >= 11 is 0. The Morgan fingerprint density at radius 3 is 2.47 bits per heavy atom. The minimum atomic E-state index is -0.121. The van der Waals surface area contributed by atoms with Gasteiger partial charge in [-0.05, 0) is 49.9 Å². The summed E-state index contributed by atoms with van der Waals surface area (Å²) in [5, 5.41) is 0. The number of unbranched alkanes of at least 4 members (excludes halogenated alkanes) is 2. The molecule has 0 aliphatic rings. The Bertz CT molecular complexity index is 394. The number of esters is 1. The Morgan fingerprint density at radius 1 is 1.12 bits per heavy atom. The minimum absolute atomic E-state index is 0.121. The number of hydrogen-bond acceptors (Lipinski definition) is 2. The third-order valence-corrected chi connectivity index (χ3v) is 3.22. The Balaban J connectivity index is 2.63. The number of rotatable bonds is 5. The highest BCUT2D eigenvalue weighted by atomic mass is 16.5. The molecule has 0 saturated heterocycles. The van der Waals surface area contributed by atoms with Crippen molar-refractivity contribution in [1.82, 2.24) is 0 Å². The standard InChI is InChI=1S/C15H22O2/c1-5-6-7-8-15(16)17-14-10-9-11(2)12(3)13(14)4/h9-10H,5-8H2,1-4H3. The van der Waals surface area contributed by atoms with Crippen LogP contribution in [-0.2, 0) is 4.79 Å². The van der Waals surface area contributed by atoms with Crippen molar-refractivity contribution in [3.05, 3.63) is 28.8 Å². The van der Waals surface area contributed by atoms with Gasteiger partial charge in [-0.15, -0.1) is 0 Å². The summed E-state index contributed by atoms with van der Waals surface area (Å²) in [7, 11) is 0. The Kier molecular flexibility index (Phi) is 5.20. The van der Waals surface area contributed by atoms with Crippen molar-refractivity contribution in [2.45, 2.75) is 53.4 Å². The average Bonchev–Trinajstić information content (AvgIpc) is 2.30. The maximum absolute atomic E-state index is 11.6. The van der Waals surface area contributed by atoms with E-state index in [1.54, 1.807) is 0 Å². The van der Waals surface area contributed by atoms with Gasteiger partial charge in [0.1, 0.15) is 5.75 Å². The van der Waals surface area contributed by atoms with Crippen LogP contribution < -0.4 is 4.74 Å². The number of ether oxygens (including phenoxy) is 1. The van der Waals surface area contributed by atoms with E-state index in [0.717, 1.165) is 24.8 Å². The molecule has 0 radical (unpaired) electrons. The quantitative estimate of drug-likeness (QED) is 0.435. The molecule has 0 bridgehead atoms. The smallest absolute Gasteiger partial charge is 0.311 e. The number of benzene rings is 1. The second-order valence-corrected chi connectivity index (χ2v) is 4.56. The summed E-state index contributed by atoms with van der Waals surface area (Å²) in [6.07, 6.45) is 3.64. The largest absolute Gasteiger partial charge is 0.426 e. The molecular weight excluding hydrogens is 212 g/mol. The third-order valence-electron chi connectivity index (χ3n) is 3.22. The molecule has 0 aromatic heterocycles. The van der Waals surface area contributed by atoms with Crippen LogP contribution in [0.25, 0.3) is 0 Å².